The van der Waals surface area contributed by atoms with Crippen molar-refractivity contribution in [2.45, 2.75) is 32.1 Å². The van der Waals surface area contributed by atoms with Crippen LogP contribution in [0, 0.1) is 13.8 Å². The third-order valence-corrected chi connectivity index (χ3v) is 5.75. The lowest BCUT2D eigenvalue weighted by atomic mass is 10.0. The van der Waals surface area contributed by atoms with Crippen LogP contribution in [0.1, 0.15) is 27.9 Å². The Labute approximate surface area is 185 Å². The van der Waals surface area contributed by atoms with E-state index in [1.807, 2.05) is 19.9 Å². The van der Waals surface area contributed by atoms with Gasteiger partial charge in [0.25, 0.3) is 5.91 Å². The molecule has 1 aromatic carbocycles. The van der Waals surface area contributed by atoms with Gasteiger partial charge in [0.2, 0.25) is 5.91 Å². The molecule has 1 atom stereocenters. The summed E-state index contributed by atoms with van der Waals surface area (Å²) in [6.07, 6.45) is 1.86. The number of nitrogens with zero attached hydrogens (tertiary/aromatic N) is 2. The fraction of sp³-hybridized carbons (Fsp3) is 0.391. The van der Waals surface area contributed by atoms with Crippen molar-refractivity contribution in [3.8, 4) is 11.3 Å². The number of likely N-dealkylation sites (tertiary alicyclic amines) is 1. The van der Waals surface area contributed by atoms with Crippen LogP contribution in [-0.2, 0) is 19.1 Å². The molecule has 2 aliphatic rings. The number of aliphatic carboxylic acids is 1. The quantitative estimate of drug-likeness (QED) is 0.725. The number of carboxylic acid groups (broad SMARTS) is 1. The number of benzene rings is 1. The predicted octanol–water partition coefficient (Wildman–Crippen LogP) is 1.52. The molecule has 9 heteroatoms. The van der Waals surface area contributed by atoms with Crippen molar-refractivity contribution in [2.24, 2.45) is 0 Å². The summed E-state index contributed by atoms with van der Waals surface area (Å²) in [5.41, 5.74) is 4.24. The van der Waals surface area contributed by atoms with Gasteiger partial charge in [0, 0.05) is 23.7 Å². The SMILES string of the molecule is Cc1cnc(-c2ccc(C(=O)NCC(=O)N3CC4(CC3C(=O)O)OCCO4)cc2)c(C)c1. The Morgan fingerprint density at radius 3 is 2.50 bits per heavy atom. The molecule has 2 N–H and O–H groups in total. The maximum absolute atomic E-state index is 12.7. The zero-order valence-corrected chi connectivity index (χ0v) is 18.0. The summed E-state index contributed by atoms with van der Waals surface area (Å²) in [6.45, 7) is 4.38. The van der Waals surface area contributed by atoms with Gasteiger partial charge in [-0.1, -0.05) is 18.2 Å². The number of hydrogen-bond donors (Lipinski definition) is 2. The number of aromatic nitrogens is 1. The molecule has 9 nitrogen and oxygen atoms in total. The second-order valence-electron chi connectivity index (χ2n) is 8.13. The van der Waals surface area contributed by atoms with Crippen LogP contribution in [-0.4, -0.2) is 70.9 Å². The number of pyridine rings is 1. The summed E-state index contributed by atoms with van der Waals surface area (Å²) in [7, 11) is 0. The topological polar surface area (TPSA) is 118 Å². The molecule has 0 saturated carbocycles. The largest absolute Gasteiger partial charge is 0.480 e. The van der Waals surface area contributed by atoms with Crippen molar-refractivity contribution in [2.75, 3.05) is 26.3 Å². The van der Waals surface area contributed by atoms with Crippen molar-refractivity contribution in [3.05, 3.63) is 53.2 Å². The first-order valence-electron chi connectivity index (χ1n) is 10.4. The number of aryl methyl sites for hydroxylation is 2. The van der Waals surface area contributed by atoms with E-state index in [2.05, 4.69) is 10.3 Å². The number of rotatable bonds is 5. The van der Waals surface area contributed by atoms with Crippen LogP contribution in [0.5, 0.6) is 0 Å². The summed E-state index contributed by atoms with van der Waals surface area (Å²) < 4.78 is 11.1. The Kier molecular flexibility index (Phi) is 5.94. The lowest BCUT2D eigenvalue weighted by Gasteiger charge is -2.23. The van der Waals surface area contributed by atoms with E-state index in [9.17, 15) is 19.5 Å². The molecule has 2 amide bonds. The lowest BCUT2D eigenvalue weighted by Crippen LogP contribution is -2.46. The second-order valence-corrected chi connectivity index (χ2v) is 8.13. The fourth-order valence-corrected chi connectivity index (χ4v) is 4.18. The highest BCUT2D eigenvalue weighted by atomic mass is 16.7. The first-order chi connectivity index (χ1) is 15.3. The molecule has 0 aliphatic carbocycles. The van der Waals surface area contributed by atoms with Crippen LogP contribution >= 0.6 is 0 Å². The summed E-state index contributed by atoms with van der Waals surface area (Å²) in [4.78, 5) is 42.5. The van der Waals surface area contributed by atoms with E-state index in [-0.39, 0.29) is 19.5 Å². The Morgan fingerprint density at radius 1 is 1.19 bits per heavy atom. The molecule has 1 unspecified atom stereocenters. The molecular weight excluding hydrogens is 414 g/mol. The van der Waals surface area contributed by atoms with Gasteiger partial charge in [-0.15, -0.1) is 0 Å². The van der Waals surface area contributed by atoms with Gasteiger partial charge in [-0.05, 0) is 37.1 Å². The average Bonchev–Trinajstić information content (AvgIpc) is 3.39. The Morgan fingerprint density at radius 2 is 1.88 bits per heavy atom. The maximum Gasteiger partial charge on any atom is 0.326 e. The minimum Gasteiger partial charge on any atom is -0.480 e. The summed E-state index contributed by atoms with van der Waals surface area (Å²) in [5.74, 6) is -3.12. The highest BCUT2D eigenvalue weighted by Crippen LogP contribution is 2.34. The van der Waals surface area contributed by atoms with Crippen LogP contribution in [0.15, 0.2) is 36.5 Å². The summed E-state index contributed by atoms with van der Waals surface area (Å²) >= 11 is 0. The smallest absolute Gasteiger partial charge is 0.326 e. The molecule has 0 radical (unpaired) electrons. The van der Waals surface area contributed by atoms with Crippen LogP contribution < -0.4 is 5.32 Å². The minimum absolute atomic E-state index is 0.0241. The molecule has 2 saturated heterocycles. The van der Waals surface area contributed by atoms with Gasteiger partial charge in [0.05, 0.1) is 32.0 Å². The predicted molar refractivity (Wildman–Crippen MR) is 114 cm³/mol. The van der Waals surface area contributed by atoms with Crippen molar-refractivity contribution in [3.63, 3.8) is 0 Å². The normalized spacial score (nSPS) is 19.3. The summed E-state index contributed by atoms with van der Waals surface area (Å²) in [6, 6.07) is 7.94. The highest BCUT2D eigenvalue weighted by Gasteiger charge is 2.52. The van der Waals surface area contributed by atoms with E-state index in [1.165, 1.54) is 4.90 Å². The number of carbonyl (C=O) groups excluding carboxylic acids is 2. The van der Waals surface area contributed by atoms with Crippen molar-refractivity contribution >= 4 is 17.8 Å². The highest BCUT2D eigenvalue weighted by molar-refractivity contribution is 5.97. The number of amides is 2. The van der Waals surface area contributed by atoms with E-state index in [4.69, 9.17) is 9.47 Å². The zero-order chi connectivity index (χ0) is 22.9. The maximum atomic E-state index is 12.7. The van der Waals surface area contributed by atoms with E-state index >= 15 is 0 Å². The second kappa shape index (κ2) is 8.68. The lowest BCUT2D eigenvalue weighted by molar-refractivity contribution is -0.152. The van der Waals surface area contributed by atoms with Gasteiger partial charge in [-0.3, -0.25) is 14.6 Å². The Bertz CT molecular complexity index is 1050. The molecule has 4 rings (SSSR count). The molecule has 3 heterocycles. The molecule has 32 heavy (non-hydrogen) atoms. The number of hydrogen-bond acceptors (Lipinski definition) is 6. The molecule has 2 aromatic rings. The monoisotopic (exact) mass is 439 g/mol. The number of carboxylic acids is 1. The van der Waals surface area contributed by atoms with Crippen molar-refractivity contribution in [1.29, 1.82) is 0 Å². The molecule has 1 spiro atoms. The third-order valence-electron chi connectivity index (χ3n) is 5.75. The molecule has 168 valence electrons. The molecule has 1 aromatic heterocycles. The summed E-state index contributed by atoms with van der Waals surface area (Å²) in [5, 5.41) is 12.1. The van der Waals surface area contributed by atoms with E-state index < -0.39 is 29.6 Å². The molecule has 0 bridgehead atoms. The Hall–Kier alpha value is -3.30. The zero-order valence-electron chi connectivity index (χ0n) is 18.0. The van der Waals surface area contributed by atoms with Gasteiger partial charge in [-0.2, -0.15) is 0 Å². The molecule has 2 aliphatic heterocycles. The van der Waals surface area contributed by atoms with Gasteiger partial charge in [-0.25, -0.2) is 4.79 Å². The van der Waals surface area contributed by atoms with E-state index in [0.29, 0.717) is 18.8 Å². The number of nitrogens with one attached hydrogen (secondary N) is 1. The van der Waals surface area contributed by atoms with Crippen LogP contribution in [0.4, 0.5) is 0 Å². The number of ether oxygens (including phenoxy) is 2. The van der Waals surface area contributed by atoms with Crippen LogP contribution in [0.2, 0.25) is 0 Å². The van der Waals surface area contributed by atoms with Crippen molar-refractivity contribution < 1.29 is 29.0 Å². The van der Waals surface area contributed by atoms with Crippen molar-refractivity contribution in [1.82, 2.24) is 15.2 Å². The van der Waals surface area contributed by atoms with Crippen LogP contribution in [0.25, 0.3) is 11.3 Å². The van der Waals surface area contributed by atoms with Gasteiger partial charge >= 0.3 is 5.97 Å². The van der Waals surface area contributed by atoms with Gasteiger partial charge in [0.15, 0.2) is 5.79 Å². The van der Waals surface area contributed by atoms with E-state index in [1.54, 1.807) is 30.5 Å². The van der Waals surface area contributed by atoms with Crippen LogP contribution in [0.3, 0.4) is 0 Å². The first-order valence-corrected chi connectivity index (χ1v) is 10.4. The number of carbonyl (C=O) groups is 3. The molecule has 2 fully saturated rings. The van der Waals surface area contributed by atoms with E-state index in [0.717, 1.165) is 22.4 Å². The molecular formula is C23H25N3O6. The Balaban J connectivity index is 1.39. The first kappa shape index (κ1) is 21.9. The fourth-order valence-electron chi connectivity index (χ4n) is 4.18. The van der Waals surface area contributed by atoms with Gasteiger partial charge in [0.1, 0.15) is 6.04 Å². The van der Waals surface area contributed by atoms with Gasteiger partial charge < -0.3 is 24.8 Å². The standard InChI is InChI=1S/C23H25N3O6/c1-14-9-15(2)20(24-11-14)16-3-5-17(6-4-16)21(28)25-12-19(27)26-13-23(31-7-8-32-23)10-18(26)22(29)30/h3-6,9,11,18H,7-8,10,12-13H2,1-2H3,(H,25,28)(H,29,30). The third kappa shape index (κ3) is 4.35. The minimum atomic E-state index is -1.13. The average molecular weight is 439 g/mol.